The molecule has 0 radical (unpaired) electrons. The number of fused-ring (bicyclic) bond motifs is 1. The topological polar surface area (TPSA) is 99.8 Å². The molecule has 0 aromatic rings. The van der Waals surface area contributed by atoms with Crippen molar-refractivity contribution in [1.29, 1.82) is 0 Å². The van der Waals surface area contributed by atoms with Crippen LogP contribution in [0, 0.1) is 5.92 Å². The summed E-state index contributed by atoms with van der Waals surface area (Å²) < 4.78 is 5.30. The summed E-state index contributed by atoms with van der Waals surface area (Å²) in [6.07, 6.45) is 2.01. The van der Waals surface area contributed by atoms with Crippen LogP contribution in [0.4, 0.5) is 0 Å². The van der Waals surface area contributed by atoms with Crippen LogP contribution < -0.4 is 16.0 Å². The highest BCUT2D eigenvalue weighted by Gasteiger charge is 2.42. The van der Waals surface area contributed by atoms with E-state index >= 15 is 0 Å². The van der Waals surface area contributed by atoms with Crippen LogP contribution in [0.15, 0.2) is 0 Å². The van der Waals surface area contributed by atoms with Gasteiger partial charge in [-0.25, -0.2) is 0 Å². The Hall–Kier alpha value is -1.67. The van der Waals surface area contributed by atoms with Crippen LogP contribution in [-0.4, -0.2) is 73.1 Å². The highest BCUT2D eigenvalue weighted by molar-refractivity contribution is 5.93. The van der Waals surface area contributed by atoms with Gasteiger partial charge in [0.05, 0.1) is 25.3 Å². The van der Waals surface area contributed by atoms with E-state index in [0.29, 0.717) is 39.1 Å². The molecule has 3 N–H and O–H groups in total. The maximum Gasteiger partial charge on any atom is 0.243 e. The monoisotopic (exact) mass is 352 g/mol. The SMILES string of the molecule is CC(C)C[C@@H]1NC(=O)[C@H]2CCCN2C(=O)CNC2(CNC1=O)COC2. The van der Waals surface area contributed by atoms with Gasteiger partial charge in [-0.05, 0) is 25.2 Å². The van der Waals surface area contributed by atoms with Gasteiger partial charge in [0, 0.05) is 13.1 Å². The van der Waals surface area contributed by atoms with E-state index in [1.807, 2.05) is 13.8 Å². The third-order valence-corrected chi connectivity index (χ3v) is 5.19. The van der Waals surface area contributed by atoms with Crippen molar-refractivity contribution in [3.63, 3.8) is 0 Å². The molecule has 3 rings (SSSR count). The van der Waals surface area contributed by atoms with Gasteiger partial charge in [0.2, 0.25) is 17.7 Å². The average Bonchev–Trinajstić information content (AvgIpc) is 3.00. The molecule has 2 atom stereocenters. The number of rotatable bonds is 2. The highest BCUT2D eigenvalue weighted by Crippen LogP contribution is 2.20. The van der Waals surface area contributed by atoms with E-state index in [4.69, 9.17) is 4.74 Å². The Morgan fingerprint density at radius 3 is 2.64 bits per heavy atom. The maximum absolute atomic E-state index is 12.7. The van der Waals surface area contributed by atoms with E-state index < -0.39 is 17.6 Å². The van der Waals surface area contributed by atoms with Crippen molar-refractivity contribution >= 4 is 17.7 Å². The zero-order chi connectivity index (χ0) is 18.0. The largest absolute Gasteiger partial charge is 0.377 e. The average molecular weight is 352 g/mol. The minimum atomic E-state index is -0.581. The Bertz CT molecular complexity index is 547. The number of hydrogen-bond acceptors (Lipinski definition) is 5. The van der Waals surface area contributed by atoms with Crippen LogP contribution in [0.2, 0.25) is 0 Å². The second-order valence-electron chi connectivity index (χ2n) is 7.78. The fraction of sp³-hybridized carbons (Fsp3) is 0.824. The second-order valence-corrected chi connectivity index (χ2v) is 7.78. The molecule has 0 bridgehead atoms. The van der Waals surface area contributed by atoms with Gasteiger partial charge in [0.25, 0.3) is 0 Å². The summed E-state index contributed by atoms with van der Waals surface area (Å²) in [5, 5.41) is 9.04. The van der Waals surface area contributed by atoms with Crippen molar-refractivity contribution in [2.45, 2.75) is 50.7 Å². The Balaban J connectivity index is 1.80. The smallest absolute Gasteiger partial charge is 0.243 e. The lowest BCUT2D eigenvalue weighted by atomic mass is 9.96. The maximum atomic E-state index is 12.7. The predicted octanol–water partition coefficient (Wildman–Crippen LogP) is -1.00. The van der Waals surface area contributed by atoms with Crippen molar-refractivity contribution in [3.05, 3.63) is 0 Å². The zero-order valence-corrected chi connectivity index (χ0v) is 15.0. The Kier molecular flexibility index (Phi) is 5.29. The van der Waals surface area contributed by atoms with Crippen molar-refractivity contribution < 1.29 is 19.1 Å². The normalized spacial score (nSPS) is 30.2. The number of carbonyl (C=O) groups is 3. The molecule has 8 heteroatoms. The molecule has 3 amide bonds. The van der Waals surface area contributed by atoms with Crippen LogP contribution in [-0.2, 0) is 19.1 Å². The first-order chi connectivity index (χ1) is 11.9. The molecule has 3 aliphatic rings. The Morgan fingerprint density at radius 2 is 2.00 bits per heavy atom. The van der Waals surface area contributed by atoms with Crippen LogP contribution in [0.3, 0.4) is 0 Å². The van der Waals surface area contributed by atoms with Gasteiger partial charge < -0.3 is 20.3 Å². The van der Waals surface area contributed by atoms with E-state index in [2.05, 4.69) is 16.0 Å². The quantitative estimate of drug-likeness (QED) is 0.592. The Labute approximate surface area is 148 Å². The lowest BCUT2D eigenvalue weighted by Gasteiger charge is -2.43. The van der Waals surface area contributed by atoms with Gasteiger partial charge in [0.1, 0.15) is 12.1 Å². The van der Waals surface area contributed by atoms with E-state index in [9.17, 15) is 14.4 Å². The highest BCUT2D eigenvalue weighted by atomic mass is 16.5. The molecule has 3 saturated heterocycles. The molecule has 0 aliphatic carbocycles. The van der Waals surface area contributed by atoms with E-state index in [-0.39, 0.29) is 30.2 Å². The van der Waals surface area contributed by atoms with Gasteiger partial charge in [0.15, 0.2) is 0 Å². The summed E-state index contributed by atoms with van der Waals surface area (Å²) in [6, 6.07) is -1.06. The number of carbonyl (C=O) groups excluding carboxylic acids is 3. The van der Waals surface area contributed by atoms with Gasteiger partial charge in [-0.15, -0.1) is 0 Å². The van der Waals surface area contributed by atoms with Gasteiger partial charge in [-0.3, -0.25) is 19.7 Å². The molecule has 8 nitrogen and oxygen atoms in total. The third kappa shape index (κ3) is 3.95. The molecule has 25 heavy (non-hydrogen) atoms. The second kappa shape index (κ2) is 7.29. The number of hydrogen-bond donors (Lipinski definition) is 3. The Morgan fingerprint density at radius 1 is 1.24 bits per heavy atom. The van der Waals surface area contributed by atoms with Crippen LogP contribution in [0.25, 0.3) is 0 Å². The summed E-state index contributed by atoms with van der Waals surface area (Å²) in [4.78, 5) is 39.5. The van der Waals surface area contributed by atoms with Crippen LogP contribution in [0.5, 0.6) is 0 Å². The number of nitrogens with zero attached hydrogens (tertiary/aromatic N) is 1. The standard InChI is InChI=1S/C17H28N4O4/c1-11(2)6-12-15(23)18-8-17(9-25-10-17)19-7-14(22)21-5-3-4-13(21)16(24)20-12/h11-13,19H,3-10H2,1-2H3,(H,18,23)(H,20,24)/t12-,13+/m0/s1. The summed E-state index contributed by atoms with van der Waals surface area (Å²) in [5.74, 6) is -0.207. The minimum Gasteiger partial charge on any atom is -0.377 e. The molecule has 0 unspecified atom stereocenters. The number of amides is 3. The number of ether oxygens (including phenoxy) is 1. The summed E-state index contributed by atoms with van der Waals surface area (Å²) >= 11 is 0. The first-order valence-corrected chi connectivity index (χ1v) is 9.10. The zero-order valence-electron chi connectivity index (χ0n) is 15.0. The van der Waals surface area contributed by atoms with E-state index in [1.54, 1.807) is 4.90 Å². The lowest BCUT2D eigenvalue weighted by Crippen LogP contribution is -2.68. The molecule has 3 aliphatic heterocycles. The fourth-order valence-corrected chi connectivity index (χ4v) is 3.67. The molecule has 0 aromatic carbocycles. The van der Waals surface area contributed by atoms with Gasteiger partial charge in [-0.1, -0.05) is 13.8 Å². The van der Waals surface area contributed by atoms with E-state index in [1.165, 1.54) is 0 Å². The third-order valence-electron chi connectivity index (χ3n) is 5.19. The van der Waals surface area contributed by atoms with Gasteiger partial charge >= 0.3 is 0 Å². The molecule has 3 fully saturated rings. The molecule has 1 spiro atoms. The molecular formula is C17H28N4O4. The van der Waals surface area contributed by atoms with Crippen molar-refractivity contribution in [2.75, 3.05) is 32.8 Å². The fourth-order valence-electron chi connectivity index (χ4n) is 3.67. The molecule has 3 heterocycles. The van der Waals surface area contributed by atoms with Crippen molar-refractivity contribution in [3.8, 4) is 0 Å². The van der Waals surface area contributed by atoms with Crippen LogP contribution >= 0.6 is 0 Å². The summed E-state index contributed by atoms with van der Waals surface area (Å²) in [7, 11) is 0. The van der Waals surface area contributed by atoms with Gasteiger partial charge in [-0.2, -0.15) is 0 Å². The van der Waals surface area contributed by atoms with Crippen molar-refractivity contribution in [1.82, 2.24) is 20.9 Å². The first-order valence-electron chi connectivity index (χ1n) is 9.10. The number of nitrogens with one attached hydrogen (secondary N) is 3. The summed E-state index contributed by atoms with van der Waals surface area (Å²) in [6.45, 7) is 6.08. The lowest BCUT2D eigenvalue weighted by molar-refractivity contribution is -0.141. The first kappa shape index (κ1) is 18.1. The van der Waals surface area contributed by atoms with E-state index in [0.717, 1.165) is 6.42 Å². The minimum absolute atomic E-state index is 0.0729. The van der Waals surface area contributed by atoms with Crippen LogP contribution in [0.1, 0.15) is 33.1 Å². The molecule has 140 valence electrons. The molecule has 0 saturated carbocycles. The summed E-state index contributed by atoms with van der Waals surface area (Å²) in [5.41, 5.74) is -0.397. The van der Waals surface area contributed by atoms with Crippen molar-refractivity contribution in [2.24, 2.45) is 5.92 Å². The predicted molar refractivity (Wildman–Crippen MR) is 90.7 cm³/mol. The molecular weight excluding hydrogens is 324 g/mol. The molecule has 0 aromatic heterocycles.